The number of oxazole rings is 1. The first-order valence-corrected chi connectivity index (χ1v) is 6.68. The van der Waals surface area contributed by atoms with Gasteiger partial charge in [0.25, 0.3) is 6.01 Å². The maximum atomic E-state index is 5.80. The zero-order chi connectivity index (χ0) is 13.1. The highest BCUT2D eigenvalue weighted by molar-refractivity contribution is 5.74. The van der Waals surface area contributed by atoms with Gasteiger partial charge < -0.3 is 14.1 Å². The van der Waals surface area contributed by atoms with Gasteiger partial charge >= 0.3 is 0 Å². The van der Waals surface area contributed by atoms with Gasteiger partial charge in [0, 0.05) is 39.8 Å². The van der Waals surface area contributed by atoms with Gasteiger partial charge in [0.2, 0.25) is 0 Å². The summed E-state index contributed by atoms with van der Waals surface area (Å²) in [6, 6.07) is 8.64. The molecule has 5 nitrogen and oxygen atoms in total. The van der Waals surface area contributed by atoms with Gasteiger partial charge in [0.15, 0.2) is 5.58 Å². The molecule has 1 aliphatic rings. The van der Waals surface area contributed by atoms with Crippen molar-refractivity contribution in [1.82, 2.24) is 9.88 Å². The molecule has 19 heavy (non-hydrogen) atoms. The highest BCUT2D eigenvalue weighted by Crippen LogP contribution is 2.22. The number of anilines is 1. The van der Waals surface area contributed by atoms with Gasteiger partial charge in [-0.2, -0.15) is 4.98 Å². The molecule has 0 radical (unpaired) electrons. The van der Waals surface area contributed by atoms with E-state index >= 15 is 0 Å². The zero-order valence-corrected chi connectivity index (χ0v) is 11.2. The SMILES string of the molecule is COCCN1CCN(c2nc3ccccc3o2)CC1. The van der Waals surface area contributed by atoms with E-state index in [-0.39, 0.29) is 0 Å². The number of methoxy groups -OCH3 is 1. The third kappa shape index (κ3) is 2.72. The molecule has 1 saturated heterocycles. The van der Waals surface area contributed by atoms with Crippen LogP contribution in [0.2, 0.25) is 0 Å². The number of para-hydroxylation sites is 2. The molecule has 1 fully saturated rings. The van der Waals surface area contributed by atoms with E-state index in [9.17, 15) is 0 Å². The topological polar surface area (TPSA) is 41.7 Å². The molecular formula is C14H19N3O2. The Bertz CT molecular complexity index is 499. The first kappa shape index (κ1) is 12.4. The minimum absolute atomic E-state index is 0.743. The molecule has 5 heteroatoms. The lowest BCUT2D eigenvalue weighted by atomic mass is 10.3. The summed E-state index contributed by atoms with van der Waals surface area (Å²) in [7, 11) is 1.74. The number of hydrogen-bond acceptors (Lipinski definition) is 5. The van der Waals surface area contributed by atoms with Crippen LogP contribution in [-0.4, -0.2) is 56.3 Å². The maximum Gasteiger partial charge on any atom is 0.298 e. The zero-order valence-electron chi connectivity index (χ0n) is 11.2. The number of piperazine rings is 1. The summed E-state index contributed by atoms with van der Waals surface area (Å²) in [6.45, 7) is 5.76. The summed E-state index contributed by atoms with van der Waals surface area (Å²) in [4.78, 5) is 9.16. The van der Waals surface area contributed by atoms with E-state index in [4.69, 9.17) is 9.15 Å². The Morgan fingerprint density at radius 2 is 2.00 bits per heavy atom. The van der Waals surface area contributed by atoms with E-state index in [0.29, 0.717) is 0 Å². The van der Waals surface area contributed by atoms with Crippen LogP contribution in [0.5, 0.6) is 0 Å². The minimum atomic E-state index is 0.743. The van der Waals surface area contributed by atoms with Gasteiger partial charge in [-0.15, -0.1) is 0 Å². The van der Waals surface area contributed by atoms with Gasteiger partial charge in [-0.05, 0) is 12.1 Å². The molecule has 3 rings (SSSR count). The predicted molar refractivity (Wildman–Crippen MR) is 74.5 cm³/mol. The summed E-state index contributed by atoms with van der Waals surface area (Å²) in [5, 5.41) is 0. The minimum Gasteiger partial charge on any atom is -0.423 e. The second-order valence-electron chi connectivity index (χ2n) is 4.79. The lowest BCUT2D eigenvalue weighted by Gasteiger charge is -2.33. The standard InChI is InChI=1S/C14H19N3O2/c1-18-11-10-16-6-8-17(9-7-16)14-15-12-4-2-3-5-13(12)19-14/h2-5H,6-11H2,1H3. The van der Waals surface area contributed by atoms with E-state index in [2.05, 4.69) is 14.8 Å². The smallest absolute Gasteiger partial charge is 0.298 e. The van der Waals surface area contributed by atoms with Crippen molar-refractivity contribution in [2.24, 2.45) is 0 Å². The van der Waals surface area contributed by atoms with Crippen LogP contribution in [0.1, 0.15) is 0 Å². The fraction of sp³-hybridized carbons (Fsp3) is 0.500. The Kier molecular flexibility index (Phi) is 3.66. The van der Waals surface area contributed by atoms with Crippen molar-refractivity contribution in [1.29, 1.82) is 0 Å². The van der Waals surface area contributed by atoms with Crippen molar-refractivity contribution in [3.8, 4) is 0 Å². The molecule has 0 amide bonds. The largest absolute Gasteiger partial charge is 0.423 e. The van der Waals surface area contributed by atoms with E-state index in [0.717, 1.165) is 56.4 Å². The lowest BCUT2D eigenvalue weighted by molar-refractivity contribution is 0.143. The van der Waals surface area contributed by atoms with Crippen LogP contribution in [0.3, 0.4) is 0 Å². The van der Waals surface area contributed by atoms with Crippen molar-refractivity contribution in [2.75, 3.05) is 51.3 Å². The molecule has 0 saturated carbocycles. The Balaban J connectivity index is 1.64. The predicted octanol–water partition coefficient (Wildman–Crippen LogP) is 1.60. The first-order valence-electron chi connectivity index (χ1n) is 6.68. The number of fused-ring (bicyclic) bond motifs is 1. The quantitative estimate of drug-likeness (QED) is 0.836. The number of aromatic nitrogens is 1. The molecule has 102 valence electrons. The molecule has 0 spiro atoms. The van der Waals surface area contributed by atoms with Crippen molar-refractivity contribution in [3.05, 3.63) is 24.3 Å². The van der Waals surface area contributed by atoms with Crippen molar-refractivity contribution < 1.29 is 9.15 Å². The van der Waals surface area contributed by atoms with Gasteiger partial charge in [0.05, 0.1) is 6.61 Å². The molecule has 1 aromatic carbocycles. The van der Waals surface area contributed by atoms with Crippen molar-refractivity contribution in [3.63, 3.8) is 0 Å². The Hall–Kier alpha value is -1.59. The molecular weight excluding hydrogens is 242 g/mol. The number of nitrogens with zero attached hydrogens (tertiary/aromatic N) is 3. The summed E-state index contributed by atoms with van der Waals surface area (Å²) in [5.74, 6) is 0. The molecule has 0 bridgehead atoms. The van der Waals surface area contributed by atoms with Crippen LogP contribution in [0.4, 0.5) is 6.01 Å². The van der Waals surface area contributed by atoms with Crippen LogP contribution < -0.4 is 4.90 Å². The second-order valence-corrected chi connectivity index (χ2v) is 4.79. The number of ether oxygens (including phenoxy) is 1. The summed E-state index contributed by atoms with van der Waals surface area (Å²) >= 11 is 0. The number of rotatable bonds is 4. The van der Waals surface area contributed by atoms with Crippen LogP contribution in [-0.2, 0) is 4.74 Å². The van der Waals surface area contributed by atoms with Gasteiger partial charge in [-0.25, -0.2) is 0 Å². The maximum absolute atomic E-state index is 5.80. The van der Waals surface area contributed by atoms with Crippen LogP contribution >= 0.6 is 0 Å². The summed E-state index contributed by atoms with van der Waals surface area (Å²) in [6.07, 6.45) is 0. The molecule has 0 atom stereocenters. The average molecular weight is 261 g/mol. The van der Waals surface area contributed by atoms with E-state index in [1.807, 2.05) is 24.3 Å². The third-order valence-corrected chi connectivity index (χ3v) is 3.54. The summed E-state index contributed by atoms with van der Waals surface area (Å²) < 4.78 is 10.9. The molecule has 0 aliphatic carbocycles. The van der Waals surface area contributed by atoms with E-state index in [1.165, 1.54) is 0 Å². The second kappa shape index (κ2) is 5.59. The Labute approximate surface area is 112 Å². The molecule has 0 unspecified atom stereocenters. The Morgan fingerprint density at radius 1 is 1.21 bits per heavy atom. The molecule has 1 aliphatic heterocycles. The van der Waals surface area contributed by atoms with E-state index < -0.39 is 0 Å². The van der Waals surface area contributed by atoms with Crippen molar-refractivity contribution >= 4 is 17.1 Å². The monoisotopic (exact) mass is 261 g/mol. The molecule has 2 heterocycles. The Morgan fingerprint density at radius 3 is 2.74 bits per heavy atom. The highest BCUT2D eigenvalue weighted by Gasteiger charge is 2.20. The van der Waals surface area contributed by atoms with Gasteiger partial charge in [0.1, 0.15) is 5.52 Å². The lowest BCUT2D eigenvalue weighted by Crippen LogP contribution is -2.47. The number of hydrogen-bond donors (Lipinski definition) is 0. The fourth-order valence-electron chi connectivity index (χ4n) is 2.38. The first-order chi connectivity index (χ1) is 9.36. The van der Waals surface area contributed by atoms with E-state index in [1.54, 1.807) is 7.11 Å². The third-order valence-electron chi connectivity index (χ3n) is 3.54. The van der Waals surface area contributed by atoms with Crippen LogP contribution in [0, 0.1) is 0 Å². The molecule has 0 N–H and O–H groups in total. The fourth-order valence-corrected chi connectivity index (χ4v) is 2.38. The molecule has 2 aromatic rings. The molecule has 1 aromatic heterocycles. The van der Waals surface area contributed by atoms with Gasteiger partial charge in [-0.3, -0.25) is 4.90 Å². The average Bonchev–Trinajstić information content (AvgIpc) is 2.89. The van der Waals surface area contributed by atoms with Crippen LogP contribution in [0.25, 0.3) is 11.1 Å². The van der Waals surface area contributed by atoms with Gasteiger partial charge in [-0.1, -0.05) is 12.1 Å². The van der Waals surface area contributed by atoms with Crippen molar-refractivity contribution in [2.45, 2.75) is 0 Å². The summed E-state index contributed by atoms with van der Waals surface area (Å²) in [5.41, 5.74) is 1.79. The highest BCUT2D eigenvalue weighted by atomic mass is 16.5. The number of benzene rings is 1. The van der Waals surface area contributed by atoms with Crippen LogP contribution in [0.15, 0.2) is 28.7 Å². The normalized spacial score (nSPS) is 17.2.